The minimum Gasteiger partial charge on any atom is -0.491 e. The van der Waals surface area contributed by atoms with Crippen molar-refractivity contribution in [3.05, 3.63) is 106 Å². The standard InChI is InChI=1S/C30H27FN4O5/c1-18(36)17-39-22-10-11-23-25(16-22)32-14-13-26(23)40-27-12-9-20(15-24(27)31)33-29(37)28-19(2)34(3)35(30(28)38)21-7-5-4-6-8-21/h4-16,18,36H,17H2,1-3H3,(H,33,37). The van der Waals surface area contributed by atoms with Crippen molar-refractivity contribution >= 4 is 22.5 Å². The van der Waals surface area contributed by atoms with Gasteiger partial charge >= 0.3 is 0 Å². The summed E-state index contributed by atoms with van der Waals surface area (Å²) in [5, 5.41) is 12.7. The van der Waals surface area contributed by atoms with E-state index in [1.54, 1.807) is 74.1 Å². The zero-order valence-electron chi connectivity index (χ0n) is 22.1. The van der Waals surface area contributed by atoms with Crippen LogP contribution in [-0.4, -0.2) is 38.1 Å². The number of anilines is 1. The Labute approximate surface area is 229 Å². The Bertz CT molecular complexity index is 1760. The van der Waals surface area contributed by atoms with Gasteiger partial charge in [0.2, 0.25) is 0 Å². The monoisotopic (exact) mass is 542 g/mol. The molecule has 0 aliphatic rings. The third-order valence-electron chi connectivity index (χ3n) is 6.36. The van der Waals surface area contributed by atoms with Crippen LogP contribution in [-0.2, 0) is 7.05 Å². The van der Waals surface area contributed by atoms with Crippen molar-refractivity contribution in [1.29, 1.82) is 0 Å². The summed E-state index contributed by atoms with van der Waals surface area (Å²) in [7, 11) is 1.69. The van der Waals surface area contributed by atoms with Crippen LogP contribution < -0.4 is 20.3 Å². The first-order valence-corrected chi connectivity index (χ1v) is 12.6. The first-order valence-electron chi connectivity index (χ1n) is 12.6. The molecule has 1 atom stereocenters. The summed E-state index contributed by atoms with van der Waals surface area (Å²) in [5.41, 5.74) is 1.32. The lowest BCUT2D eigenvalue weighted by molar-refractivity contribution is 0.102. The molecule has 0 aliphatic heterocycles. The third-order valence-corrected chi connectivity index (χ3v) is 6.36. The molecule has 40 heavy (non-hydrogen) atoms. The van der Waals surface area contributed by atoms with Crippen LogP contribution in [0.2, 0.25) is 0 Å². The van der Waals surface area contributed by atoms with E-state index in [0.717, 1.165) is 6.07 Å². The number of aliphatic hydroxyl groups excluding tert-OH is 1. The molecule has 0 spiro atoms. The van der Waals surface area contributed by atoms with Crippen molar-refractivity contribution in [1.82, 2.24) is 14.3 Å². The van der Waals surface area contributed by atoms with Gasteiger partial charge in [0, 0.05) is 36.5 Å². The number of aliphatic hydroxyl groups is 1. The molecular formula is C30H27FN4O5. The number of hydrogen-bond donors (Lipinski definition) is 2. The number of ether oxygens (including phenoxy) is 2. The third kappa shape index (κ3) is 5.29. The number of halogens is 1. The van der Waals surface area contributed by atoms with Gasteiger partial charge in [0.15, 0.2) is 11.6 Å². The number of nitrogens with zero attached hydrogens (tertiary/aromatic N) is 3. The molecule has 1 unspecified atom stereocenters. The predicted octanol–water partition coefficient (Wildman–Crippen LogP) is 4.98. The SMILES string of the molecule is Cc1c(C(=O)Nc2ccc(Oc3ccnc4cc(OCC(C)O)ccc34)c(F)c2)c(=O)n(-c2ccccc2)n1C. The van der Waals surface area contributed by atoms with E-state index in [-0.39, 0.29) is 23.6 Å². The Morgan fingerprint density at radius 3 is 2.58 bits per heavy atom. The van der Waals surface area contributed by atoms with E-state index in [0.29, 0.717) is 33.8 Å². The Morgan fingerprint density at radius 1 is 1.07 bits per heavy atom. The fraction of sp³-hybridized carbons (Fsp3) is 0.167. The molecule has 2 N–H and O–H groups in total. The topological polar surface area (TPSA) is 108 Å². The molecular weight excluding hydrogens is 515 g/mol. The van der Waals surface area contributed by atoms with E-state index in [1.165, 1.54) is 23.0 Å². The number of carbonyl (C=O) groups is 1. The number of para-hydroxylation sites is 1. The largest absolute Gasteiger partial charge is 0.491 e. The fourth-order valence-electron chi connectivity index (χ4n) is 4.30. The molecule has 5 aromatic rings. The minimum absolute atomic E-state index is 0.0351. The maximum atomic E-state index is 15.1. The second-order valence-corrected chi connectivity index (χ2v) is 9.29. The van der Waals surface area contributed by atoms with Gasteiger partial charge < -0.3 is 19.9 Å². The molecule has 2 aromatic heterocycles. The average Bonchev–Trinajstić information content (AvgIpc) is 3.16. The molecule has 2 heterocycles. The number of carbonyl (C=O) groups excluding carboxylic acids is 1. The van der Waals surface area contributed by atoms with Crippen LogP contribution >= 0.6 is 0 Å². The normalized spacial score (nSPS) is 11.8. The molecule has 0 aliphatic carbocycles. The lowest BCUT2D eigenvalue weighted by Crippen LogP contribution is -2.25. The number of pyridine rings is 1. The van der Waals surface area contributed by atoms with Gasteiger partial charge in [-0.05, 0) is 56.3 Å². The molecule has 9 nitrogen and oxygen atoms in total. The summed E-state index contributed by atoms with van der Waals surface area (Å²) in [6, 6.07) is 19.8. The van der Waals surface area contributed by atoms with Gasteiger partial charge in [0.25, 0.3) is 11.5 Å². The summed E-state index contributed by atoms with van der Waals surface area (Å²) in [6.07, 6.45) is 0.923. The van der Waals surface area contributed by atoms with Gasteiger partial charge in [-0.15, -0.1) is 0 Å². The van der Waals surface area contributed by atoms with Crippen molar-refractivity contribution in [2.24, 2.45) is 7.05 Å². The Hall–Kier alpha value is -4.96. The molecule has 10 heteroatoms. The number of rotatable bonds is 8. The number of nitrogens with one attached hydrogen (secondary N) is 1. The first-order chi connectivity index (χ1) is 19.2. The number of fused-ring (bicyclic) bond motifs is 1. The van der Waals surface area contributed by atoms with Crippen LogP contribution in [0.1, 0.15) is 23.0 Å². The highest BCUT2D eigenvalue weighted by Gasteiger charge is 2.22. The fourth-order valence-corrected chi connectivity index (χ4v) is 4.30. The molecule has 0 saturated heterocycles. The van der Waals surface area contributed by atoms with E-state index >= 15 is 4.39 Å². The van der Waals surface area contributed by atoms with E-state index in [9.17, 15) is 14.7 Å². The van der Waals surface area contributed by atoms with Gasteiger partial charge in [-0.25, -0.2) is 9.07 Å². The summed E-state index contributed by atoms with van der Waals surface area (Å²) in [6.45, 7) is 3.44. The second kappa shape index (κ2) is 11.0. The zero-order chi connectivity index (χ0) is 28.4. The van der Waals surface area contributed by atoms with Gasteiger partial charge in [-0.1, -0.05) is 18.2 Å². The maximum Gasteiger partial charge on any atom is 0.284 e. The maximum absolute atomic E-state index is 15.1. The Balaban J connectivity index is 1.36. The summed E-state index contributed by atoms with van der Waals surface area (Å²) in [4.78, 5) is 30.5. The lowest BCUT2D eigenvalue weighted by Gasteiger charge is -2.12. The molecule has 0 radical (unpaired) electrons. The van der Waals surface area contributed by atoms with Gasteiger partial charge in [0.05, 0.1) is 23.0 Å². The molecule has 0 bridgehead atoms. The van der Waals surface area contributed by atoms with Crippen molar-refractivity contribution in [3.63, 3.8) is 0 Å². The lowest BCUT2D eigenvalue weighted by atomic mass is 10.2. The van der Waals surface area contributed by atoms with Crippen molar-refractivity contribution in [3.8, 4) is 22.9 Å². The summed E-state index contributed by atoms with van der Waals surface area (Å²) >= 11 is 0. The average molecular weight is 543 g/mol. The zero-order valence-corrected chi connectivity index (χ0v) is 22.1. The second-order valence-electron chi connectivity index (χ2n) is 9.29. The van der Waals surface area contributed by atoms with Gasteiger partial charge in [-0.2, -0.15) is 0 Å². The number of aromatic nitrogens is 3. The Morgan fingerprint density at radius 2 is 1.85 bits per heavy atom. The van der Waals surface area contributed by atoms with Crippen molar-refractivity contribution in [2.45, 2.75) is 20.0 Å². The van der Waals surface area contributed by atoms with Crippen LogP contribution in [0.25, 0.3) is 16.6 Å². The van der Waals surface area contributed by atoms with Crippen LogP contribution in [0.15, 0.2) is 83.8 Å². The van der Waals surface area contributed by atoms with Crippen LogP contribution in [0.5, 0.6) is 17.2 Å². The van der Waals surface area contributed by atoms with Crippen LogP contribution in [0, 0.1) is 12.7 Å². The van der Waals surface area contributed by atoms with Crippen molar-refractivity contribution < 1.29 is 23.8 Å². The number of benzene rings is 3. The van der Waals surface area contributed by atoms with Crippen molar-refractivity contribution in [2.75, 3.05) is 11.9 Å². The molecule has 0 saturated carbocycles. The van der Waals surface area contributed by atoms with E-state index in [4.69, 9.17) is 9.47 Å². The van der Waals surface area contributed by atoms with E-state index in [2.05, 4.69) is 10.3 Å². The number of hydrogen-bond acceptors (Lipinski definition) is 6. The summed E-state index contributed by atoms with van der Waals surface area (Å²) < 4.78 is 29.5. The molecule has 1 amide bonds. The molecule has 0 fully saturated rings. The first kappa shape index (κ1) is 26.6. The van der Waals surface area contributed by atoms with E-state index in [1.807, 2.05) is 6.07 Å². The highest BCUT2D eigenvalue weighted by atomic mass is 19.1. The summed E-state index contributed by atoms with van der Waals surface area (Å²) in [5.74, 6) is -0.486. The van der Waals surface area contributed by atoms with E-state index < -0.39 is 23.4 Å². The molecule has 5 rings (SSSR count). The highest BCUT2D eigenvalue weighted by Crippen LogP contribution is 2.33. The smallest absolute Gasteiger partial charge is 0.284 e. The molecule has 204 valence electrons. The van der Waals surface area contributed by atoms with Gasteiger partial charge in [-0.3, -0.25) is 19.3 Å². The molecule has 3 aromatic carbocycles. The predicted molar refractivity (Wildman–Crippen MR) is 149 cm³/mol. The minimum atomic E-state index is -0.703. The van der Waals surface area contributed by atoms with Crippen LogP contribution in [0.4, 0.5) is 10.1 Å². The number of amides is 1. The van der Waals surface area contributed by atoms with Gasteiger partial charge in [0.1, 0.15) is 23.7 Å². The Kier molecular flexibility index (Phi) is 7.35. The van der Waals surface area contributed by atoms with Crippen LogP contribution in [0.3, 0.4) is 0 Å². The highest BCUT2D eigenvalue weighted by molar-refractivity contribution is 6.05. The quantitative estimate of drug-likeness (QED) is 0.287.